The lowest BCUT2D eigenvalue weighted by Crippen LogP contribution is -2.51. The molecular formula is C15H19NO2. The molecule has 0 spiro atoms. The van der Waals surface area contributed by atoms with Crippen molar-refractivity contribution in [3.63, 3.8) is 0 Å². The summed E-state index contributed by atoms with van der Waals surface area (Å²) < 4.78 is 0. The molecule has 0 amide bonds. The highest BCUT2D eigenvalue weighted by Gasteiger charge is 2.52. The zero-order valence-electron chi connectivity index (χ0n) is 10.7. The van der Waals surface area contributed by atoms with Crippen molar-refractivity contribution in [1.29, 1.82) is 0 Å². The molecule has 1 N–H and O–H groups in total. The topological polar surface area (TPSA) is 40.5 Å². The Hall–Kier alpha value is -1.35. The number of benzene rings is 1. The summed E-state index contributed by atoms with van der Waals surface area (Å²) in [5.41, 5.74) is 0.307. The lowest BCUT2D eigenvalue weighted by Gasteiger charge is -2.43. The van der Waals surface area contributed by atoms with Crippen molar-refractivity contribution >= 4 is 5.97 Å². The number of hydrogen-bond donors (Lipinski definition) is 1. The van der Waals surface area contributed by atoms with Crippen LogP contribution in [0.2, 0.25) is 0 Å². The van der Waals surface area contributed by atoms with Crippen molar-refractivity contribution in [2.24, 2.45) is 0 Å². The van der Waals surface area contributed by atoms with E-state index in [-0.39, 0.29) is 0 Å². The highest BCUT2D eigenvalue weighted by atomic mass is 16.4. The molecule has 96 valence electrons. The van der Waals surface area contributed by atoms with Crippen molar-refractivity contribution in [2.45, 2.75) is 43.2 Å². The van der Waals surface area contributed by atoms with Crippen LogP contribution in [-0.2, 0) is 10.2 Å². The number of rotatable bonds is 2. The van der Waals surface area contributed by atoms with Crippen molar-refractivity contribution in [3.8, 4) is 0 Å². The van der Waals surface area contributed by atoms with Crippen LogP contribution in [0.1, 0.15) is 31.2 Å². The second kappa shape index (κ2) is 4.09. The minimum Gasteiger partial charge on any atom is -0.481 e. The van der Waals surface area contributed by atoms with Crippen LogP contribution < -0.4 is 0 Å². The molecule has 3 rings (SSSR count). The van der Waals surface area contributed by atoms with Crippen molar-refractivity contribution in [2.75, 3.05) is 7.05 Å². The molecule has 1 aromatic carbocycles. The maximum absolute atomic E-state index is 11.9. The number of carboxylic acid groups (broad SMARTS) is 1. The van der Waals surface area contributed by atoms with E-state index in [1.165, 1.54) is 0 Å². The average Bonchev–Trinajstić information content (AvgIpc) is 2.63. The van der Waals surface area contributed by atoms with Gasteiger partial charge in [0.2, 0.25) is 0 Å². The summed E-state index contributed by atoms with van der Waals surface area (Å²) in [6.45, 7) is 0. The monoisotopic (exact) mass is 245 g/mol. The van der Waals surface area contributed by atoms with Gasteiger partial charge in [-0.05, 0) is 38.3 Å². The first kappa shape index (κ1) is 11.7. The number of carbonyl (C=O) groups is 1. The highest BCUT2D eigenvalue weighted by molar-refractivity contribution is 5.82. The van der Waals surface area contributed by atoms with Gasteiger partial charge < -0.3 is 10.0 Å². The number of nitrogens with zero attached hydrogens (tertiary/aromatic N) is 1. The van der Waals surface area contributed by atoms with Gasteiger partial charge in [-0.25, -0.2) is 0 Å². The van der Waals surface area contributed by atoms with Crippen LogP contribution in [0.5, 0.6) is 0 Å². The third kappa shape index (κ3) is 1.57. The highest BCUT2D eigenvalue weighted by Crippen LogP contribution is 2.46. The third-order valence-corrected chi connectivity index (χ3v) is 4.89. The minimum atomic E-state index is -0.667. The van der Waals surface area contributed by atoms with E-state index in [4.69, 9.17) is 0 Å². The molecule has 2 atom stereocenters. The lowest BCUT2D eigenvalue weighted by molar-refractivity contribution is -0.147. The maximum Gasteiger partial charge on any atom is 0.314 e. The van der Waals surface area contributed by atoms with Crippen LogP contribution in [0.4, 0.5) is 0 Å². The Labute approximate surface area is 107 Å². The van der Waals surface area contributed by atoms with Crippen molar-refractivity contribution in [3.05, 3.63) is 35.9 Å². The van der Waals surface area contributed by atoms with E-state index in [1.54, 1.807) is 0 Å². The lowest BCUT2D eigenvalue weighted by atomic mass is 9.70. The van der Waals surface area contributed by atoms with E-state index in [0.29, 0.717) is 12.1 Å². The molecule has 2 aliphatic heterocycles. The van der Waals surface area contributed by atoms with Crippen LogP contribution in [-0.4, -0.2) is 35.1 Å². The fourth-order valence-corrected chi connectivity index (χ4v) is 3.76. The van der Waals surface area contributed by atoms with Crippen LogP contribution >= 0.6 is 0 Å². The van der Waals surface area contributed by atoms with E-state index in [1.807, 2.05) is 30.3 Å². The summed E-state index contributed by atoms with van der Waals surface area (Å²) in [7, 11) is 2.14. The molecule has 1 aromatic rings. The largest absolute Gasteiger partial charge is 0.481 e. The molecule has 2 aliphatic rings. The summed E-state index contributed by atoms with van der Waals surface area (Å²) >= 11 is 0. The Balaban J connectivity index is 2.02. The van der Waals surface area contributed by atoms with Crippen LogP contribution in [0.25, 0.3) is 0 Å². The maximum atomic E-state index is 11.9. The SMILES string of the molecule is CN1C2CCC1CC(C(=O)O)(c1ccccc1)C2. The van der Waals surface area contributed by atoms with Crippen LogP contribution in [0.3, 0.4) is 0 Å². The van der Waals surface area contributed by atoms with E-state index >= 15 is 0 Å². The first-order valence-corrected chi connectivity index (χ1v) is 6.64. The second-order valence-electron chi connectivity index (χ2n) is 5.71. The molecule has 2 bridgehead atoms. The van der Waals surface area contributed by atoms with E-state index in [2.05, 4.69) is 11.9 Å². The summed E-state index contributed by atoms with van der Waals surface area (Å²) in [6, 6.07) is 10.6. The Morgan fingerprint density at radius 3 is 2.28 bits per heavy atom. The molecule has 0 aromatic heterocycles. The third-order valence-electron chi connectivity index (χ3n) is 4.89. The number of hydrogen-bond acceptors (Lipinski definition) is 2. The van der Waals surface area contributed by atoms with Gasteiger partial charge in [0.15, 0.2) is 0 Å². The molecule has 2 saturated heterocycles. The predicted octanol–water partition coefficient (Wildman–Crippen LogP) is 2.27. The van der Waals surface area contributed by atoms with Gasteiger partial charge in [-0.1, -0.05) is 30.3 Å². The first-order valence-electron chi connectivity index (χ1n) is 6.64. The predicted molar refractivity (Wildman–Crippen MR) is 69.6 cm³/mol. The standard InChI is InChI=1S/C15H19NO2/c1-16-12-7-8-13(16)10-15(9-12,14(17)18)11-5-3-2-4-6-11/h2-6,12-13H,7-10H2,1H3,(H,17,18). The smallest absolute Gasteiger partial charge is 0.314 e. The summed E-state index contributed by atoms with van der Waals surface area (Å²) in [5.74, 6) is -0.654. The number of carboxylic acids is 1. The van der Waals surface area contributed by atoms with Gasteiger partial charge in [-0.2, -0.15) is 0 Å². The summed E-state index contributed by atoms with van der Waals surface area (Å²) in [5, 5.41) is 9.77. The summed E-state index contributed by atoms with van der Waals surface area (Å²) in [4.78, 5) is 14.3. The van der Waals surface area contributed by atoms with Gasteiger partial charge in [-0.15, -0.1) is 0 Å². The van der Waals surface area contributed by atoms with Gasteiger partial charge in [0.05, 0.1) is 5.41 Å². The van der Waals surface area contributed by atoms with E-state index < -0.39 is 11.4 Å². The van der Waals surface area contributed by atoms with E-state index in [0.717, 1.165) is 31.2 Å². The van der Waals surface area contributed by atoms with E-state index in [9.17, 15) is 9.90 Å². The quantitative estimate of drug-likeness (QED) is 0.869. The summed E-state index contributed by atoms with van der Waals surface area (Å²) in [6.07, 6.45) is 3.78. The van der Waals surface area contributed by atoms with Gasteiger partial charge >= 0.3 is 5.97 Å². The molecule has 18 heavy (non-hydrogen) atoms. The van der Waals surface area contributed by atoms with Crippen LogP contribution in [0, 0.1) is 0 Å². The molecule has 3 heteroatoms. The number of piperidine rings is 1. The first-order chi connectivity index (χ1) is 8.63. The molecule has 0 aliphatic carbocycles. The van der Waals surface area contributed by atoms with Gasteiger partial charge in [0, 0.05) is 12.1 Å². The minimum absolute atomic E-state index is 0.431. The van der Waals surface area contributed by atoms with Gasteiger partial charge in [-0.3, -0.25) is 4.79 Å². The second-order valence-corrected chi connectivity index (χ2v) is 5.71. The Morgan fingerprint density at radius 2 is 1.78 bits per heavy atom. The number of aliphatic carboxylic acids is 1. The molecule has 2 unspecified atom stereocenters. The number of fused-ring (bicyclic) bond motifs is 2. The zero-order chi connectivity index (χ0) is 12.8. The van der Waals surface area contributed by atoms with Crippen molar-refractivity contribution < 1.29 is 9.90 Å². The molecular weight excluding hydrogens is 226 g/mol. The Morgan fingerprint density at radius 1 is 1.22 bits per heavy atom. The van der Waals surface area contributed by atoms with Crippen LogP contribution in [0.15, 0.2) is 30.3 Å². The Kier molecular flexibility index (Phi) is 2.67. The van der Waals surface area contributed by atoms with Crippen molar-refractivity contribution in [1.82, 2.24) is 4.90 Å². The zero-order valence-corrected chi connectivity index (χ0v) is 10.7. The van der Waals surface area contributed by atoms with Gasteiger partial charge in [0.25, 0.3) is 0 Å². The fourth-order valence-electron chi connectivity index (χ4n) is 3.76. The molecule has 2 heterocycles. The molecule has 2 fully saturated rings. The molecule has 3 nitrogen and oxygen atoms in total. The average molecular weight is 245 g/mol. The molecule has 0 radical (unpaired) electrons. The molecule has 0 saturated carbocycles. The fraction of sp³-hybridized carbons (Fsp3) is 0.533. The normalized spacial score (nSPS) is 35.6. The Bertz CT molecular complexity index is 443. The van der Waals surface area contributed by atoms with Gasteiger partial charge in [0.1, 0.15) is 0 Å².